The number of phosphoric acid groups is 1. The maximum Gasteiger partial charge on any atom is 0.472 e. The molecule has 9 nitrogen and oxygen atoms in total. The van der Waals surface area contributed by atoms with E-state index in [-0.39, 0.29) is 31.5 Å². The molecular weight excluding hydrogens is 1100 g/mol. The summed E-state index contributed by atoms with van der Waals surface area (Å²) >= 11 is 0. The SMILES string of the molecule is CC/C=C\C/C=C\C/C=C\C/C=C\C/C=C\C/C=C\CCCCC(=O)OC(/C=C\CCCCCCCCCCCCC)C(COP(=O)(O)OCC[N+](C)(C)C)NC(=O)CCCCCCCCCCCCC/C=C\C/C=C\C/C=C\C/C=C\CCCCC. The maximum atomic E-state index is 13.6. The molecule has 87 heavy (non-hydrogen) atoms. The molecule has 0 saturated heterocycles. The van der Waals surface area contributed by atoms with Crippen molar-refractivity contribution in [3.05, 3.63) is 134 Å². The quantitative estimate of drug-likeness (QED) is 0.0205. The number of nitrogens with one attached hydrogen (secondary N) is 1. The van der Waals surface area contributed by atoms with Crippen LogP contribution >= 0.6 is 7.82 Å². The number of rotatable bonds is 63. The summed E-state index contributed by atoms with van der Waals surface area (Å²) in [5.74, 6) is -0.563. The molecule has 1 amide bonds. The molecule has 0 spiro atoms. The summed E-state index contributed by atoms with van der Waals surface area (Å²) < 4.78 is 30.8. The van der Waals surface area contributed by atoms with Crippen LogP contribution in [0.25, 0.3) is 0 Å². The standard InChI is InChI=1S/C77H133N2O7P/c1-7-10-13-16-19-22-25-28-30-32-34-36-37-38-39-40-41-43-44-46-48-51-54-57-60-63-66-69-76(80)78-74(73-85-87(82,83)84-72-71-79(4,5)6)75(68-65-62-59-56-53-50-27-24-21-18-15-12-9-3)86-77(81)70-67-64-61-58-55-52-49-47-45-42-35-33-31-29-26-23-20-17-14-11-8-2/h11,14,19-20,22-23,28-31,34-36,38-39,42,47,49,55,58,65,68,74-75H,7-10,12-13,15-18,21,24-27,32-33,37,40-41,43-46,48,50-54,56-57,59-64,66-67,69-73H2,1-6H3,(H-,78,80,82,83)/p+1/b14-11-,22-19-,23-20-,30-28-,31-29-,36-34-,39-38-,42-35-,49-47-,58-55-,68-65-. The highest BCUT2D eigenvalue weighted by Gasteiger charge is 2.30. The monoisotopic (exact) mass is 1230 g/mol. The molecule has 0 bridgehead atoms. The van der Waals surface area contributed by atoms with Crippen LogP contribution in [0.2, 0.25) is 0 Å². The molecule has 3 unspecified atom stereocenters. The van der Waals surface area contributed by atoms with Gasteiger partial charge in [0.1, 0.15) is 19.3 Å². The van der Waals surface area contributed by atoms with E-state index in [2.05, 4.69) is 148 Å². The average Bonchev–Trinajstić information content (AvgIpc) is 3.70. The van der Waals surface area contributed by atoms with E-state index in [1.807, 2.05) is 33.3 Å². The van der Waals surface area contributed by atoms with Gasteiger partial charge in [-0.25, -0.2) is 4.57 Å². The van der Waals surface area contributed by atoms with E-state index >= 15 is 0 Å². The minimum atomic E-state index is -4.48. The van der Waals surface area contributed by atoms with Gasteiger partial charge in [-0.3, -0.25) is 18.6 Å². The Hall–Kier alpha value is -3.85. The minimum Gasteiger partial charge on any atom is -0.456 e. The Labute approximate surface area is 536 Å². The Bertz CT molecular complexity index is 1950. The summed E-state index contributed by atoms with van der Waals surface area (Å²) in [5, 5.41) is 3.06. The van der Waals surface area contributed by atoms with E-state index in [0.29, 0.717) is 23.9 Å². The van der Waals surface area contributed by atoms with E-state index < -0.39 is 20.0 Å². The summed E-state index contributed by atoms with van der Waals surface area (Å²) in [7, 11) is 1.46. The van der Waals surface area contributed by atoms with Crippen LogP contribution in [0.5, 0.6) is 0 Å². The molecule has 0 radical (unpaired) electrons. The van der Waals surface area contributed by atoms with Crippen molar-refractivity contribution in [2.24, 2.45) is 0 Å². The summed E-state index contributed by atoms with van der Waals surface area (Å²) in [6, 6.07) is -0.879. The third-order valence-electron chi connectivity index (χ3n) is 15.1. The number of ether oxygens (including phenoxy) is 1. The number of carbonyl (C=O) groups excluding carboxylic acids is 2. The highest BCUT2D eigenvalue weighted by Crippen LogP contribution is 2.43. The molecule has 0 saturated carbocycles. The molecule has 0 aliphatic rings. The Morgan fingerprint density at radius 1 is 0.414 bits per heavy atom. The first-order chi connectivity index (χ1) is 42.4. The van der Waals surface area contributed by atoms with Gasteiger partial charge in [0.2, 0.25) is 5.91 Å². The molecule has 0 fully saturated rings. The molecule has 0 rings (SSSR count). The van der Waals surface area contributed by atoms with Crippen molar-refractivity contribution in [3.8, 4) is 0 Å². The second kappa shape index (κ2) is 65.1. The van der Waals surface area contributed by atoms with Crippen molar-refractivity contribution in [3.63, 3.8) is 0 Å². The zero-order valence-electron chi connectivity index (χ0n) is 57.0. The highest BCUT2D eigenvalue weighted by molar-refractivity contribution is 7.47. The number of hydrogen-bond acceptors (Lipinski definition) is 6. The predicted octanol–water partition coefficient (Wildman–Crippen LogP) is 22.8. The fourth-order valence-corrected chi connectivity index (χ4v) is 10.4. The fraction of sp³-hybridized carbons (Fsp3) is 0.688. The Morgan fingerprint density at radius 2 is 0.736 bits per heavy atom. The second-order valence-corrected chi connectivity index (χ2v) is 26.1. The van der Waals surface area contributed by atoms with Crippen molar-refractivity contribution in [2.75, 3.05) is 40.9 Å². The average molecular weight is 1230 g/mol. The molecule has 2 N–H and O–H groups in total. The van der Waals surface area contributed by atoms with Gasteiger partial charge in [0.15, 0.2) is 0 Å². The third-order valence-corrected chi connectivity index (χ3v) is 16.1. The van der Waals surface area contributed by atoms with Gasteiger partial charge in [0.25, 0.3) is 0 Å². The normalized spacial score (nSPS) is 14.3. The van der Waals surface area contributed by atoms with E-state index in [0.717, 1.165) is 116 Å². The third kappa shape index (κ3) is 66.4. The molecule has 0 aliphatic carbocycles. The number of quaternary nitrogens is 1. The van der Waals surface area contributed by atoms with Crippen molar-refractivity contribution >= 4 is 19.7 Å². The van der Waals surface area contributed by atoms with Gasteiger partial charge in [0, 0.05) is 12.8 Å². The largest absolute Gasteiger partial charge is 0.472 e. The summed E-state index contributed by atoms with van der Waals surface area (Å²) in [6.07, 6.45) is 93.2. The summed E-state index contributed by atoms with van der Waals surface area (Å²) in [6.45, 7) is 6.84. The molecule has 0 aromatic heterocycles. The molecule has 0 aromatic carbocycles. The van der Waals surface area contributed by atoms with Crippen LogP contribution in [0.1, 0.15) is 290 Å². The molecule has 0 aliphatic heterocycles. The number of unbranched alkanes of at least 4 members (excludes halogenated alkanes) is 27. The van der Waals surface area contributed by atoms with Crippen LogP contribution in [0.3, 0.4) is 0 Å². The Morgan fingerprint density at radius 3 is 1.14 bits per heavy atom. The summed E-state index contributed by atoms with van der Waals surface area (Å²) in [4.78, 5) is 37.9. The van der Waals surface area contributed by atoms with Gasteiger partial charge < -0.3 is 19.4 Å². The number of amides is 1. The van der Waals surface area contributed by atoms with Crippen LogP contribution < -0.4 is 5.32 Å². The predicted molar refractivity (Wildman–Crippen MR) is 378 cm³/mol. The smallest absolute Gasteiger partial charge is 0.456 e. The number of nitrogens with zero attached hydrogens (tertiary/aromatic N) is 1. The van der Waals surface area contributed by atoms with Crippen LogP contribution in [-0.4, -0.2) is 74.3 Å². The second-order valence-electron chi connectivity index (χ2n) is 24.7. The van der Waals surface area contributed by atoms with E-state index in [1.165, 1.54) is 135 Å². The lowest BCUT2D eigenvalue weighted by Crippen LogP contribution is -2.47. The lowest BCUT2D eigenvalue weighted by Gasteiger charge is -2.27. The number of allylic oxidation sites excluding steroid dienone is 21. The first kappa shape index (κ1) is 83.2. The van der Waals surface area contributed by atoms with Crippen LogP contribution in [0.4, 0.5) is 0 Å². The highest BCUT2D eigenvalue weighted by atomic mass is 31.2. The van der Waals surface area contributed by atoms with Crippen molar-refractivity contribution in [1.29, 1.82) is 0 Å². The fourth-order valence-electron chi connectivity index (χ4n) is 9.63. The maximum absolute atomic E-state index is 13.6. The number of esters is 1. The lowest BCUT2D eigenvalue weighted by molar-refractivity contribution is -0.870. The zero-order valence-corrected chi connectivity index (χ0v) is 57.9. The number of hydrogen-bond donors (Lipinski definition) is 2. The molecular formula is C77H134N2O7P+. The zero-order chi connectivity index (χ0) is 63.5. The topological polar surface area (TPSA) is 111 Å². The Kier molecular flexibility index (Phi) is 62.2. The van der Waals surface area contributed by atoms with Gasteiger partial charge in [0.05, 0.1) is 33.8 Å². The van der Waals surface area contributed by atoms with Gasteiger partial charge in [-0.15, -0.1) is 0 Å². The molecule has 0 aromatic rings. The van der Waals surface area contributed by atoms with Crippen LogP contribution in [0.15, 0.2) is 134 Å². The molecule has 498 valence electrons. The van der Waals surface area contributed by atoms with Crippen LogP contribution in [-0.2, 0) is 27.9 Å². The van der Waals surface area contributed by atoms with E-state index in [9.17, 15) is 19.0 Å². The molecule has 0 heterocycles. The van der Waals surface area contributed by atoms with Crippen LogP contribution in [0, 0.1) is 0 Å². The number of phosphoric ester groups is 1. The summed E-state index contributed by atoms with van der Waals surface area (Å²) in [5.41, 5.74) is 0. The minimum absolute atomic E-state index is 0.0258. The first-order valence-electron chi connectivity index (χ1n) is 35.5. The number of likely N-dealkylation sites (N-methyl/N-ethyl adjacent to an activating group) is 1. The van der Waals surface area contributed by atoms with Crippen molar-refractivity contribution in [2.45, 2.75) is 303 Å². The first-order valence-corrected chi connectivity index (χ1v) is 37.0. The molecule has 3 atom stereocenters. The van der Waals surface area contributed by atoms with Gasteiger partial charge in [-0.2, -0.15) is 0 Å². The number of carbonyl (C=O) groups is 2. The van der Waals surface area contributed by atoms with Gasteiger partial charge in [-0.1, -0.05) is 283 Å². The molecule has 10 heteroatoms. The lowest BCUT2D eigenvalue weighted by atomic mass is 10.0. The van der Waals surface area contributed by atoms with Crippen molar-refractivity contribution < 1.29 is 37.3 Å². The van der Waals surface area contributed by atoms with Crippen molar-refractivity contribution in [1.82, 2.24) is 5.32 Å². The van der Waals surface area contributed by atoms with E-state index in [4.69, 9.17) is 13.8 Å². The van der Waals surface area contributed by atoms with Gasteiger partial charge >= 0.3 is 13.8 Å². The van der Waals surface area contributed by atoms with Gasteiger partial charge in [-0.05, 0) is 128 Å². The van der Waals surface area contributed by atoms with E-state index in [1.54, 1.807) is 0 Å². The Balaban J connectivity index is 5.19.